The molecule has 138 valence electrons. The van der Waals surface area contributed by atoms with Crippen molar-refractivity contribution in [3.05, 3.63) is 47.5 Å². The first kappa shape index (κ1) is 19.0. The Labute approximate surface area is 167 Å². The molecule has 2 N–H and O–H groups in total. The fourth-order valence-electron chi connectivity index (χ4n) is 2.74. The summed E-state index contributed by atoms with van der Waals surface area (Å²) in [5.74, 6) is 1.42. The first-order valence-electron chi connectivity index (χ1n) is 8.33. The average molecular weight is 400 g/mol. The molecule has 0 saturated carbocycles. The number of hydrogen-bond donors (Lipinski definition) is 2. The Bertz CT molecular complexity index is 916. The van der Waals surface area contributed by atoms with Gasteiger partial charge in [-0.25, -0.2) is 9.97 Å². The number of thiazole rings is 1. The molecule has 0 amide bonds. The van der Waals surface area contributed by atoms with E-state index in [1.54, 1.807) is 29.7 Å². The Hall–Kier alpha value is -2.73. The van der Waals surface area contributed by atoms with Gasteiger partial charge in [0.05, 0.1) is 11.6 Å². The third-order valence-corrected chi connectivity index (χ3v) is 4.85. The predicted octanol–water partition coefficient (Wildman–Crippen LogP) is 3.05. The predicted molar refractivity (Wildman–Crippen MR) is 110 cm³/mol. The van der Waals surface area contributed by atoms with Crippen molar-refractivity contribution in [2.45, 2.75) is 0 Å². The van der Waals surface area contributed by atoms with Gasteiger partial charge in [0.1, 0.15) is 16.5 Å². The Morgan fingerprint density at radius 2 is 1.93 bits per heavy atom. The zero-order valence-corrected chi connectivity index (χ0v) is 16.1. The largest absolute Gasteiger partial charge is 0.340 e. The van der Waals surface area contributed by atoms with Gasteiger partial charge in [0.15, 0.2) is 0 Å². The SMILES string of the molecule is Cl.N#Cc1ccc(Nc2cc(-c3nccs3)nc(N3CCNCC3)n2)cc1. The molecule has 27 heavy (non-hydrogen) atoms. The van der Waals surface area contributed by atoms with Crippen molar-refractivity contribution in [2.75, 3.05) is 36.4 Å². The molecule has 7 nitrogen and oxygen atoms in total. The van der Waals surface area contributed by atoms with Crippen LogP contribution in [0.5, 0.6) is 0 Å². The topological polar surface area (TPSA) is 89.8 Å². The monoisotopic (exact) mass is 399 g/mol. The van der Waals surface area contributed by atoms with Crippen molar-refractivity contribution in [2.24, 2.45) is 0 Å². The minimum Gasteiger partial charge on any atom is -0.340 e. The normalized spacial score (nSPS) is 13.5. The van der Waals surface area contributed by atoms with Crippen molar-refractivity contribution in [1.29, 1.82) is 5.26 Å². The molecule has 0 aliphatic carbocycles. The van der Waals surface area contributed by atoms with Crippen LogP contribution in [0.4, 0.5) is 17.5 Å². The lowest BCUT2D eigenvalue weighted by Gasteiger charge is -2.27. The molecule has 1 aliphatic heterocycles. The molecule has 1 aliphatic rings. The van der Waals surface area contributed by atoms with Crippen molar-refractivity contribution < 1.29 is 0 Å². The molecule has 4 rings (SSSR count). The van der Waals surface area contributed by atoms with Crippen LogP contribution in [0, 0.1) is 11.3 Å². The van der Waals surface area contributed by atoms with E-state index in [4.69, 9.17) is 15.2 Å². The van der Waals surface area contributed by atoms with E-state index in [0.717, 1.165) is 42.6 Å². The summed E-state index contributed by atoms with van der Waals surface area (Å²) in [6.07, 6.45) is 1.78. The molecule has 1 aromatic carbocycles. The van der Waals surface area contributed by atoms with E-state index >= 15 is 0 Å². The van der Waals surface area contributed by atoms with Crippen LogP contribution in [-0.2, 0) is 0 Å². The number of hydrogen-bond acceptors (Lipinski definition) is 8. The van der Waals surface area contributed by atoms with Gasteiger partial charge < -0.3 is 15.5 Å². The highest BCUT2D eigenvalue weighted by Gasteiger charge is 2.16. The van der Waals surface area contributed by atoms with Gasteiger partial charge in [-0.05, 0) is 24.3 Å². The molecule has 3 aromatic rings. The molecule has 0 radical (unpaired) electrons. The Morgan fingerprint density at radius 1 is 1.15 bits per heavy atom. The summed E-state index contributed by atoms with van der Waals surface area (Å²) in [6, 6.07) is 11.3. The second-order valence-electron chi connectivity index (χ2n) is 5.83. The van der Waals surface area contributed by atoms with E-state index in [1.165, 1.54) is 0 Å². The van der Waals surface area contributed by atoms with E-state index in [1.807, 2.05) is 23.6 Å². The molecule has 0 unspecified atom stereocenters. The lowest BCUT2D eigenvalue weighted by atomic mass is 10.2. The van der Waals surface area contributed by atoms with E-state index < -0.39 is 0 Å². The molecular weight excluding hydrogens is 382 g/mol. The molecule has 0 spiro atoms. The Kier molecular flexibility index (Phi) is 6.19. The summed E-state index contributed by atoms with van der Waals surface area (Å²) in [5.41, 5.74) is 2.31. The highest BCUT2D eigenvalue weighted by atomic mass is 35.5. The fraction of sp³-hybridized carbons (Fsp3) is 0.222. The quantitative estimate of drug-likeness (QED) is 0.696. The lowest BCUT2D eigenvalue weighted by molar-refractivity contribution is 0.580. The van der Waals surface area contributed by atoms with Crippen LogP contribution >= 0.6 is 23.7 Å². The van der Waals surface area contributed by atoms with Gasteiger partial charge in [-0.1, -0.05) is 0 Å². The minimum absolute atomic E-state index is 0. The summed E-state index contributed by atoms with van der Waals surface area (Å²) in [6.45, 7) is 3.59. The van der Waals surface area contributed by atoms with Crippen molar-refractivity contribution in [3.8, 4) is 16.8 Å². The number of aromatic nitrogens is 3. The van der Waals surface area contributed by atoms with E-state index in [0.29, 0.717) is 17.3 Å². The molecule has 0 bridgehead atoms. The number of piperazine rings is 1. The third-order valence-electron chi connectivity index (χ3n) is 4.05. The second kappa shape index (κ2) is 8.77. The highest BCUT2D eigenvalue weighted by Crippen LogP contribution is 2.26. The molecule has 0 atom stereocenters. The van der Waals surface area contributed by atoms with Crippen molar-refractivity contribution in [3.63, 3.8) is 0 Å². The van der Waals surface area contributed by atoms with E-state index in [-0.39, 0.29) is 12.4 Å². The fourth-order valence-corrected chi connectivity index (χ4v) is 3.34. The summed E-state index contributed by atoms with van der Waals surface area (Å²) in [7, 11) is 0. The molecule has 9 heteroatoms. The first-order valence-corrected chi connectivity index (χ1v) is 9.21. The number of nitrogens with zero attached hydrogens (tertiary/aromatic N) is 5. The van der Waals surface area contributed by atoms with Gasteiger partial charge in [0.2, 0.25) is 5.95 Å². The van der Waals surface area contributed by atoms with Gasteiger partial charge in [-0.15, -0.1) is 23.7 Å². The molecular formula is C18H18ClN7S. The number of rotatable bonds is 4. The summed E-state index contributed by atoms with van der Waals surface area (Å²) < 4.78 is 0. The minimum atomic E-state index is 0. The number of halogens is 1. The maximum atomic E-state index is 8.93. The number of nitriles is 1. The van der Waals surface area contributed by atoms with Crippen LogP contribution < -0.4 is 15.5 Å². The number of nitrogens with one attached hydrogen (secondary N) is 2. The Morgan fingerprint density at radius 3 is 2.59 bits per heavy atom. The maximum absolute atomic E-state index is 8.93. The van der Waals surface area contributed by atoms with Crippen LogP contribution in [0.15, 0.2) is 41.9 Å². The summed E-state index contributed by atoms with van der Waals surface area (Å²) in [5, 5.41) is 18.4. The van der Waals surface area contributed by atoms with Crippen LogP contribution in [0.25, 0.3) is 10.7 Å². The van der Waals surface area contributed by atoms with Crippen LogP contribution in [0.2, 0.25) is 0 Å². The van der Waals surface area contributed by atoms with Gasteiger partial charge >= 0.3 is 0 Å². The zero-order chi connectivity index (χ0) is 17.8. The number of benzene rings is 1. The molecule has 1 fully saturated rings. The smallest absolute Gasteiger partial charge is 0.228 e. The highest BCUT2D eigenvalue weighted by molar-refractivity contribution is 7.13. The lowest BCUT2D eigenvalue weighted by Crippen LogP contribution is -2.44. The Balaban J connectivity index is 0.00000210. The van der Waals surface area contributed by atoms with Gasteiger partial charge in [0, 0.05) is 49.5 Å². The zero-order valence-electron chi connectivity index (χ0n) is 14.4. The first-order chi connectivity index (χ1) is 12.8. The van der Waals surface area contributed by atoms with Gasteiger partial charge in [-0.3, -0.25) is 0 Å². The van der Waals surface area contributed by atoms with Crippen LogP contribution in [-0.4, -0.2) is 41.1 Å². The van der Waals surface area contributed by atoms with Gasteiger partial charge in [0.25, 0.3) is 0 Å². The molecule has 3 heterocycles. The molecule has 1 saturated heterocycles. The van der Waals surface area contributed by atoms with Crippen LogP contribution in [0.1, 0.15) is 5.56 Å². The van der Waals surface area contributed by atoms with Crippen molar-refractivity contribution in [1.82, 2.24) is 20.3 Å². The third kappa shape index (κ3) is 4.52. The maximum Gasteiger partial charge on any atom is 0.228 e. The molecule has 2 aromatic heterocycles. The van der Waals surface area contributed by atoms with Crippen LogP contribution in [0.3, 0.4) is 0 Å². The summed E-state index contributed by atoms with van der Waals surface area (Å²) in [4.78, 5) is 16.0. The summed E-state index contributed by atoms with van der Waals surface area (Å²) >= 11 is 1.56. The van der Waals surface area contributed by atoms with E-state index in [9.17, 15) is 0 Å². The average Bonchev–Trinajstić information content (AvgIpc) is 3.24. The van der Waals surface area contributed by atoms with Gasteiger partial charge in [-0.2, -0.15) is 10.2 Å². The van der Waals surface area contributed by atoms with E-state index in [2.05, 4.69) is 26.6 Å². The second-order valence-corrected chi connectivity index (χ2v) is 6.72. The number of anilines is 3. The standard InChI is InChI=1S/C18H17N7S.ClH/c19-12-13-1-3-14(4-2-13)22-16-11-15(17-21-7-10-26-17)23-18(24-16)25-8-5-20-6-9-25;/h1-4,7,10-11,20H,5-6,8-9H2,(H,22,23,24);1H. The van der Waals surface area contributed by atoms with Crippen molar-refractivity contribution >= 4 is 41.2 Å².